The van der Waals surface area contributed by atoms with Gasteiger partial charge in [0, 0.05) is 36.3 Å². The van der Waals surface area contributed by atoms with E-state index in [9.17, 15) is 4.79 Å². The quantitative estimate of drug-likeness (QED) is 0.674. The first kappa shape index (κ1) is 20.0. The molecule has 2 fully saturated rings. The summed E-state index contributed by atoms with van der Waals surface area (Å²) in [6, 6.07) is 13.8. The zero-order valence-corrected chi connectivity index (χ0v) is 17.3. The number of fused-ring (bicyclic) bond motifs is 2. The van der Waals surface area contributed by atoms with Gasteiger partial charge in [0.25, 0.3) is 5.91 Å². The number of nitrogens with one attached hydrogen (secondary N) is 1. The molecule has 5 rings (SSSR count). The number of amides is 1. The van der Waals surface area contributed by atoms with Crippen LogP contribution in [0.15, 0.2) is 53.1 Å². The van der Waals surface area contributed by atoms with Crippen LogP contribution in [0.2, 0.25) is 5.02 Å². The molecular formula is C21H22Cl2N4O2. The van der Waals surface area contributed by atoms with Crippen molar-refractivity contribution in [1.29, 1.82) is 0 Å². The molecule has 3 aromatic rings. The number of carbonyl (C=O) groups is 1. The Hall–Kier alpha value is -2.28. The number of furan rings is 1. The normalized spacial score (nSPS) is 20.9. The summed E-state index contributed by atoms with van der Waals surface area (Å²) in [6.07, 6.45) is 4.94. The van der Waals surface area contributed by atoms with Crippen LogP contribution >= 0.6 is 24.0 Å². The molecule has 0 radical (unpaired) electrons. The Labute approximate surface area is 180 Å². The van der Waals surface area contributed by atoms with Crippen molar-refractivity contribution in [3.8, 4) is 17.1 Å². The molecule has 2 bridgehead atoms. The highest BCUT2D eigenvalue weighted by Gasteiger charge is 2.32. The van der Waals surface area contributed by atoms with Gasteiger partial charge in [0.2, 0.25) is 0 Å². The largest absolute Gasteiger partial charge is 0.463 e. The number of aromatic nitrogens is 2. The predicted molar refractivity (Wildman–Crippen MR) is 114 cm³/mol. The first-order valence-electron chi connectivity index (χ1n) is 9.62. The molecule has 1 aromatic carbocycles. The van der Waals surface area contributed by atoms with Gasteiger partial charge in [-0.2, -0.15) is 5.10 Å². The molecule has 0 saturated carbocycles. The maximum atomic E-state index is 13.2. The van der Waals surface area contributed by atoms with Crippen molar-refractivity contribution in [2.75, 3.05) is 13.1 Å². The number of nitrogens with zero attached hydrogens (tertiary/aromatic N) is 3. The third-order valence-corrected chi connectivity index (χ3v) is 5.80. The number of hydrogen-bond acceptors (Lipinski definition) is 4. The molecule has 2 aromatic heterocycles. The van der Waals surface area contributed by atoms with Crippen molar-refractivity contribution >= 4 is 29.9 Å². The highest BCUT2D eigenvalue weighted by atomic mass is 35.5. The monoisotopic (exact) mass is 432 g/mol. The summed E-state index contributed by atoms with van der Waals surface area (Å²) in [4.78, 5) is 15.2. The lowest BCUT2D eigenvalue weighted by molar-refractivity contribution is 0.0741. The lowest BCUT2D eigenvalue weighted by atomic mass is 10.1. The Balaban J connectivity index is 0.00000205. The van der Waals surface area contributed by atoms with Crippen molar-refractivity contribution in [1.82, 2.24) is 20.0 Å². The van der Waals surface area contributed by atoms with Crippen LogP contribution in [-0.4, -0.2) is 45.8 Å². The van der Waals surface area contributed by atoms with Crippen molar-refractivity contribution < 1.29 is 9.21 Å². The second kappa shape index (κ2) is 8.22. The second-order valence-electron chi connectivity index (χ2n) is 7.46. The standard InChI is InChI=1S/C21H21ClN4O2.ClH/c22-14-3-1-4-17(11-14)26-19(20-5-2-10-28-20)12-18(24-26)21(27)25-9-8-15-6-7-16(13-25)23-15;/h1-5,10-12,15-16,23H,6-9,13H2;1H. The molecule has 2 atom stereocenters. The van der Waals surface area contributed by atoms with Crippen LogP contribution in [0.25, 0.3) is 17.1 Å². The maximum absolute atomic E-state index is 13.2. The molecule has 0 aliphatic carbocycles. The Bertz CT molecular complexity index is 1000. The minimum absolute atomic E-state index is 0. The van der Waals surface area contributed by atoms with Crippen LogP contribution in [0.3, 0.4) is 0 Å². The third kappa shape index (κ3) is 3.92. The maximum Gasteiger partial charge on any atom is 0.274 e. The Kier molecular flexibility index (Phi) is 5.67. The summed E-state index contributed by atoms with van der Waals surface area (Å²) in [5.41, 5.74) is 1.93. The van der Waals surface area contributed by atoms with Gasteiger partial charge in [-0.1, -0.05) is 17.7 Å². The zero-order valence-electron chi connectivity index (χ0n) is 15.8. The number of likely N-dealkylation sites (tertiary alicyclic amines) is 1. The van der Waals surface area contributed by atoms with Crippen LogP contribution in [0.5, 0.6) is 0 Å². The predicted octanol–water partition coefficient (Wildman–Crippen LogP) is 4.17. The lowest BCUT2D eigenvalue weighted by Gasteiger charge is -2.23. The summed E-state index contributed by atoms with van der Waals surface area (Å²) < 4.78 is 7.30. The van der Waals surface area contributed by atoms with Crippen LogP contribution in [0.4, 0.5) is 0 Å². The van der Waals surface area contributed by atoms with Gasteiger partial charge in [-0.05, 0) is 49.6 Å². The smallest absolute Gasteiger partial charge is 0.274 e. The number of rotatable bonds is 3. The number of halogens is 2. The molecule has 0 spiro atoms. The van der Waals surface area contributed by atoms with E-state index in [1.54, 1.807) is 17.0 Å². The van der Waals surface area contributed by atoms with Gasteiger partial charge in [-0.3, -0.25) is 4.79 Å². The molecule has 29 heavy (non-hydrogen) atoms. The van der Waals surface area contributed by atoms with E-state index in [4.69, 9.17) is 16.0 Å². The number of carbonyl (C=O) groups excluding carboxylic acids is 1. The van der Waals surface area contributed by atoms with E-state index in [0.29, 0.717) is 28.6 Å². The molecule has 6 nitrogen and oxygen atoms in total. The average Bonchev–Trinajstić information content (AvgIpc) is 3.40. The Morgan fingerprint density at radius 3 is 2.79 bits per heavy atom. The van der Waals surface area contributed by atoms with Crippen LogP contribution < -0.4 is 5.32 Å². The third-order valence-electron chi connectivity index (χ3n) is 5.57. The first-order valence-corrected chi connectivity index (χ1v) is 10.0. The zero-order chi connectivity index (χ0) is 19.1. The minimum atomic E-state index is -0.0389. The molecule has 152 valence electrons. The minimum Gasteiger partial charge on any atom is -0.463 e. The SMILES string of the molecule is Cl.O=C(c1cc(-c2ccco2)n(-c2cccc(Cl)c2)n1)N1CCC2CCC(C1)N2. The summed E-state index contributed by atoms with van der Waals surface area (Å²) in [5.74, 6) is 0.617. The fourth-order valence-electron chi connectivity index (χ4n) is 4.18. The fraction of sp³-hybridized carbons (Fsp3) is 0.333. The molecule has 1 amide bonds. The molecule has 8 heteroatoms. The molecular weight excluding hydrogens is 411 g/mol. The number of benzene rings is 1. The molecule has 2 aliphatic rings. The van der Waals surface area contributed by atoms with Crippen molar-refractivity contribution in [3.05, 3.63) is 59.4 Å². The van der Waals surface area contributed by atoms with Gasteiger partial charge in [-0.15, -0.1) is 12.4 Å². The molecule has 4 heterocycles. The van der Waals surface area contributed by atoms with Crippen molar-refractivity contribution in [2.24, 2.45) is 0 Å². The van der Waals surface area contributed by atoms with E-state index in [1.807, 2.05) is 41.3 Å². The molecule has 2 unspecified atom stereocenters. The van der Waals surface area contributed by atoms with Gasteiger partial charge < -0.3 is 14.6 Å². The highest BCUT2D eigenvalue weighted by molar-refractivity contribution is 6.30. The van der Waals surface area contributed by atoms with Crippen LogP contribution in [0.1, 0.15) is 29.8 Å². The van der Waals surface area contributed by atoms with E-state index in [2.05, 4.69) is 10.4 Å². The van der Waals surface area contributed by atoms with Crippen molar-refractivity contribution in [3.63, 3.8) is 0 Å². The van der Waals surface area contributed by atoms with Gasteiger partial charge in [-0.25, -0.2) is 4.68 Å². The van der Waals surface area contributed by atoms with Crippen LogP contribution in [-0.2, 0) is 0 Å². The second-order valence-corrected chi connectivity index (χ2v) is 7.90. The topological polar surface area (TPSA) is 63.3 Å². The Morgan fingerprint density at radius 2 is 2.00 bits per heavy atom. The average molecular weight is 433 g/mol. The van der Waals surface area contributed by atoms with Crippen LogP contribution in [0, 0.1) is 0 Å². The summed E-state index contributed by atoms with van der Waals surface area (Å²) in [5, 5.41) is 8.85. The fourth-order valence-corrected chi connectivity index (χ4v) is 4.36. The van der Waals surface area contributed by atoms with Gasteiger partial charge in [0.1, 0.15) is 5.69 Å². The highest BCUT2D eigenvalue weighted by Crippen LogP contribution is 2.27. The van der Waals surface area contributed by atoms with Crippen molar-refractivity contribution in [2.45, 2.75) is 31.3 Å². The molecule has 2 saturated heterocycles. The number of hydrogen-bond donors (Lipinski definition) is 1. The lowest BCUT2D eigenvalue weighted by Crippen LogP contribution is -2.39. The van der Waals surface area contributed by atoms with E-state index in [0.717, 1.165) is 37.3 Å². The summed E-state index contributed by atoms with van der Waals surface area (Å²) >= 11 is 6.17. The van der Waals surface area contributed by atoms with E-state index in [1.165, 1.54) is 6.42 Å². The van der Waals surface area contributed by atoms with E-state index < -0.39 is 0 Å². The van der Waals surface area contributed by atoms with Gasteiger partial charge in [0.05, 0.1) is 12.0 Å². The molecule has 1 N–H and O–H groups in total. The van der Waals surface area contributed by atoms with E-state index in [-0.39, 0.29) is 18.3 Å². The summed E-state index contributed by atoms with van der Waals surface area (Å²) in [6.45, 7) is 1.49. The van der Waals surface area contributed by atoms with Gasteiger partial charge >= 0.3 is 0 Å². The first-order chi connectivity index (χ1) is 13.7. The van der Waals surface area contributed by atoms with E-state index >= 15 is 0 Å². The molecule has 2 aliphatic heterocycles. The van der Waals surface area contributed by atoms with Gasteiger partial charge in [0.15, 0.2) is 11.5 Å². The Morgan fingerprint density at radius 1 is 1.14 bits per heavy atom. The summed E-state index contributed by atoms with van der Waals surface area (Å²) in [7, 11) is 0.